The van der Waals surface area contributed by atoms with Crippen LogP contribution in [0.25, 0.3) is 33.5 Å². The van der Waals surface area contributed by atoms with E-state index in [9.17, 15) is 9.90 Å². The van der Waals surface area contributed by atoms with Crippen molar-refractivity contribution < 1.29 is 14.6 Å². The second-order valence-corrected chi connectivity index (χ2v) is 11.9. The standard InChI is InChI=1S/C32H34N8O3/c41-30-27-28(34-18-33-27)31(38-37-30)43-32(42)23-15-14-22(26(17-23)20-6-2-1-3-7-20)16-19-10-12-21(13-11-19)24-8-4-5-9-25(24)29-35-39-40-36-29/h4-5,8-13,18,20,22-23,26H,1-3,6-7,14-17H2,(H,33,34)(H,37,41)(H,35,36,39,40). The maximum Gasteiger partial charge on any atom is 0.315 e. The molecule has 0 radical (unpaired) electrons. The molecule has 2 fully saturated rings. The third kappa shape index (κ3) is 5.59. The van der Waals surface area contributed by atoms with Crippen molar-refractivity contribution in [3.63, 3.8) is 0 Å². The summed E-state index contributed by atoms with van der Waals surface area (Å²) >= 11 is 0. The maximum absolute atomic E-state index is 13.4. The van der Waals surface area contributed by atoms with Gasteiger partial charge in [0.2, 0.25) is 0 Å². The number of nitrogens with zero attached hydrogens (tertiary/aromatic N) is 6. The number of ether oxygens (including phenoxy) is 1. The van der Waals surface area contributed by atoms with Crippen molar-refractivity contribution in [2.45, 2.75) is 57.8 Å². The van der Waals surface area contributed by atoms with E-state index in [0.717, 1.165) is 42.4 Å². The lowest BCUT2D eigenvalue weighted by molar-refractivity contribution is -0.141. The Hall–Kier alpha value is -4.67. The van der Waals surface area contributed by atoms with Gasteiger partial charge in [0.15, 0.2) is 11.3 Å². The molecule has 2 aromatic carbocycles. The number of nitrogens with one attached hydrogen (secondary N) is 2. The number of carbonyl (C=O) groups is 1. The fourth-order valence-electron chi connectivity index (χ4n) is 7.28. The van der Waals surface area contributed by atoms with E-state index in [4.69, 9.17) is 4.74 Å². The number of rotatable bonds is 7. The number of hydrogen-bond donors (Lipinski definition) is 3. The topological polar surface area (TPSA) is 155 Å². The van der Waals surface area contributed by atoms with Crippen LogP contribution in [-0.2, 0) is 11.2 Å². The number of aromatic nitrogens is 8. The van der Waals surface area contributed by atoms with Crippen LogP contribution < -0.4 is 4.74 Å². The minimum atomic E-state index is -0.284. The summed E-state index contributed by atoms with van der Waals surface area (Å²) in [4.78, 5) is 20.4. The SMILES string of the molecule is O=C(Oc1nnc(O)c2[nH]cnc12)C1CCC(Cc2ccc(-c3ccccc3-c3nnn[nH]3)cc2)C(C2CCCCC2)C1. The molecule has 3 atom stereocenters. The lowest BCUT2D eigenvalue weighted by Crippen LogP contribution is -2.37. The summed E-state index contributed by atoms with van der Waals surface area (Å²) in [7, 11) is 0. The van der Waals surface area contributed by atoms with Crippen molar-refractivity contribution in [1.82, 2.24) is 40.8 Å². The molecule has 3 N–H and O–H groups in total. The Kier molecular flexibility index (Phi) is 7.53. The van der Waals surface area contributed by atoms with Gasteiger partial charge in [-0.25, -0.2) is 10.1 Å². The Labute approximate surface area is 248 Å². The first-order valence-electron chi connectivity index (χ1n) is 15.2. The summed E-state index contributed by atoms with van der Waals surface area (Å²) < 4.78 is 5.74. The number of H-pyrrole nitrogens is 2. The Morgan fingerprint density at radius 3 is 2.53 bits per heavy atom. The highest BCUT2D eigenvalue weighted by atomic mass is 16.5. The van der Waals surface area contributed by atoms with Crippen molar-refractivity contribution in [3.8, 4) is 34.3 Å². The molecule has 11 heteroatoms. The van der Waals surface area contributed by atoms with E-state index >= 15 is 0 Å². The molecular formula is C32H34N8O3. The summed E-state index contributed by atoms with van der Waals surface area (Å²) in [5, 5.41) is 32.0. The van der Waals surface area contributed by atoms with Crippen molar-refractivity contribution in [2.75, 3.05) is 0 Å². The molecule has 0 bridgehead atoms. The van der Waals surface area contributed by atoms with Crippen LogP contribution in [0.2, 0.25) is 0 Å². The van der Waals surface area contributed by atoms with E-state index in [1.165, 1.54) is 44.0 Å². The number of aromatic hydroxyl groups is 1. The van der Waals surface area contributed by atoms with Gasteiger partial charge in [0.05, 0.1) is 12.2 Å². The van der Waals surface area contributed by atoms with Crippen LogP contribution in [0, 0.1) is 23.7 Å². The molecule has 2 aliphatic carbocycles. The molecular weight excluding hydrogens is 544 g/mol. The van der Waals surface area contributed by atoms with Gasteiger partial charge in [-0.1, -0.05) is 80.6 Å². The van der Waals surface area contributed by atoms with Crippen molar-refractivity contribution in [3.05, 3.63) is 60.4 Å². The van der Waals surface area contributed by atoms with Gasteiger partial charge in [0.25, 0.3) is 11.8 Å². The summed E-state index contributed by atoms with van der Waals surface area (Å²) in [6, 6.07) is 17.0. The molecule has 0 saturated heterocycles. The Morgan fingerprint density at radius 2 is 1.74 bits per heavy atom. The zero-order valence-corrected chi connectivity index (χ0v) is 23.8. The van der Waals surface area contributed by atoms with E-state index in [2.05, 4.69) is 71.1 Å². The first-order chi connectivity index (χ1) is 21.1. The minimum absolute atomic E-state index is 0.0385. The van der Waals surface area contributed by atoms with Crippen LogP contribution in [0.1, 0.15) is 56.9 Å². The molecule has 0 aliphatic heterocycles. The van der Waals surface area contributed by atoms with Crippen LogP contribution in [0.5, 0.6) is 11.8 Å². The second-order valence-electron chi connectivity index (χ2n) is 11.9. The third-order valence-corrected chi connectivity index (χ3v) is 9.43. The van der Waals surface area contributed by atoms with Gasteiger partial charge in [-0.15, -0.1) is 15.3 Å². The van der Waals surface area contributed by atoms with E-state index in [0.29, 0.717) is 34.6 Å². The number of imidazole rings is 1. The number of hydrogen-bond acceptors (Lipinski definition) is 9. The third-order valence-electron chi connectivity index (χ3n) is 9.43. The smallest absolute Gasteiger partial charge is 0.315 e. The van der Waals surface area contributed by atoms with Crippen LogP contribution in [0.15, 0.2) is 54.9 Å². The zero-order chi connectivity index (χ0) is 29.2. The fourth-order valence-corrected chi connectivity index (χ4v) is 7.28. The normalized spacial score (nSPS) is 21.2. The first kappa shape index (κ1) is 27.2. The number of benzene rings is 2. The molecule has 43 heavy (non-hydrogen) atoms. The average molecular weight is 579 g/mol. The summed E-state index contributed by atoms with van der Waals surface area (Å²) in [5.41, 5.74) is 5.10. The van der Waals surface area contributed by atoms with Gasteiger partial charge in [0.1, 0.15) is 5.52 Å². The van der Waals surface area contributed by atoms with Gasteiger partial charge in [-0.2, -0.15) is 0 Å². The molecule has 0 spiro atoms. The molecule has 2 saturated carbocycles. The number of tetrazole rings is 1. The monoisotopic (exact) mass is 578 g/mol. The number of aromatic amines is 2. The second kappa shape index (κ2) is 11.9. The molecule has 7 rings (SSSR count). The van der Waals surface area contributed by atoms with Crippen LogP contribution >= 0.6 is 0 Å². The highest BCUT2D eigenvalue weighted by molar-refractivity contribution is 5.86. The molecule has 3 unspecified atom stereocenters. The zero-order valence-electron chi connectivity index (χ0n) is 23.8. The predicted octanol–water partition coefficient (Wildman–Crippen LogP) is 5.67. The van der Waals surface area contributed by atoms with Crippen LogP contribution in [0.3, 0.4) is 0 Å². The molecule has 3 heterocycles. The number of carbonyl (C=O) groups excluding carboxylic acids is 1. The van der Waals surface area contributed by atoms with E-state index in [-0.39, 0.29) is 23.6 Å². The van der Waals surface area contributed by atoms with Gasteiger partial charge in [-0.3, -0.25) is 4.79 Å². The number of esters is 1. The fraction of sp³-hybridized carbons (Fsp3) is 0.406. The number of fused-ring (bicyclic) bond motifs is 1. The van der Waals surface area contributed by atoms with Crippen LogP contribution in [-0.4, -0.2) is 51.9 Å². The quantitative estimate of drug-likeness (QED) is 0.207. The molecule has 11 nitrogen and oxygen atoms in total. The molecule has 3 aromatic heterocycles. The van der Waals surface area contributed by atoms with Crippen molar-refractivity contribution >= 4 is 17.0 Å². The van der Waals surface area contributed by atoms with Crippen molar-refractivity contribution in [2.24, 2.45) is 23.7 Å². The molecule has 220 valence electrons. The first-order valence-corrected chi connectivity index (χ1v) is 15.2. The van der Waals surface area contributed by atoms with E-state index in [1.54, 1.807) is 0 Å². The molecule has 2 aliphatic rings. The largest absolute Gasteiger partial charge is 0.491 e. The highest BCUT2D eigenvalue weighted by Crippen LogP contribution is 2.45. The van der Waals surface area contributed by atoms with Gasteiger partial charge in [0, 0.05) is 5.56 Å². The van der Waals surface area contributed by atoms with Crippen molar-refractivity contribution in [1.29, 1.82) is 0 Å². The summed E-state index contributed by atoms with van der Waals surface area (Å²) in [6.07, 6.45) is 11.3. The van der Waals surface area contributed by atoms with Gasteiger partial charge in [-0.05, 0) is 70.6 Å². The summed E-state index contributed by atoms with van der Waals surface area (Å²) in [5.74, 6) is 1.54. The Bertz CT molecular complexity index is 1700. The van der Waals surface area contributed by atoms with E-state index < -0.39 is 0 Å². The van der Waals surface area contributed by atoms with Crippen LogP contribution in [0.4, 0.5) is 0 Å². The minimum Gasteiger partial charge on any atom is -0.491 e. The predicted molar refractivity (Wildman–Crippen MR) is 159 cm³/mol. The molecule has 5 aromatic rings. The Morgan fingerprint density at radius 1 is 0.930 bits per heavy atom. The average Bonchev–Trinajstić information content (AvgIpc) is 3.78. The maximum atomic E-state index is 13.4. The van der Waals surface area contributed by atoms with Gasteiger partial charge >= 0.3 is 5.97 Å². The molecule has 0 amide bonds. The lowest BCUT2D eigenvalue weighted by atomic mass is 9.64. The van der Waals surface area contributed by atoms with E-state index in [1.807, 2.05) is 18.2 Å². The highest BCUT2D eigenvalue weighted by Gasteiger charge is 2.39. The Balaban J connectivity index is 1.07. The lowest BCUT2D eigenvalue weighted by Gasteiger charge is -2.41. The summed E-state index contributed by atoms with van der Waals surface area (Å²) in [6.45, 7) is 0. The van der Waals surface area contributed by atoms with Gasteiger partial charge < -0.3 is 14.8 Å².